The van der Waals surface area contributed by atoms with Crippen LogP contribution in [-0.2, 0) is 14.4 Å². The van der Waals surface area contributed by atoms with Crippen LogP contribution < -0.4 is 4.90 Å². The topological polar surface area (TPSA) is 102 Å². The Morgan fingerprint density at radius 3 is 2.42 bits per heavy atom. The molecular weight excluding hydrogens is 345 g/mol. The molecule has 26 heavy (non-hydrogen) atoms. The first-order chi connectivity index (χ1) is 12.5. The number of carbonyl (C=O) groups is 2. The number of nitro benzene ring substituents is 1. The highest BCUT2D eigenvalue weighted by Crippen LogP contribution is 2.36. The summed E-state index contributed by atoms with van der Waals surface area (Å²) in [6.07, 6.45) is -1.17. The lowest BCUT2D eigenvalue weighted by Gasteiger charge is -2.15. The highest BCUT2D eigenvalue weighted by molar-refractivity contribution is 6.32. The van der Waals surface area contributed by atoms with Crippen LogP contribution in [0.2, 0.25) is 0 Å². The largest absolute Gasteiger partial charge is 0.381 e. The number of fused-ring (bicyclic) bond motifs is 1. The second-order valence-corrected chi connectivity index (χ2v) is 5.75. The molecule has 2 aliphatic rings. The molecule has 0 N–H and O–H groups in total. The summed E-state index contributed by atoms with van der Waals surface area (Å²) < 4.78 is 14.0. The number of rotatable bonds is 3. The second-order valence-electron chi connectivity index (χ2n) is 5.75. The number of hydrogen-bond acceptors (Lipinski definition) is 6. The van der Waals surface area contributed by atoms with E-state index in [1.165, 1.54) is 42.5 Å². The summed E-state index contributed by atoms with van der Waals surface area (Å²) in [6.45, 7) is 0. The number of hydrogen-bond donors (Lipinski definition) is 0. The Labute approximate surface area is 145 Å². The van der Waals surface area contributed by atoms with E-state index in [0.29, 0.717) is 5.56 Å². The van der Waals surface area contributed by atoms with Gasteiger partial charge in [-0.05, 0) is 24.3 Å². The molecule has 0 spiro atoms. The molecule has 2 amide bonds. The van der Waals surface area contributed by atoms with Crippen LogP contribution >= 0.6 is 0 Å². The lowest BCUT2D eigenvalue weighted by molar-refractivity contribution is -0.384. The van der Waals surface area contributed by atoms with E-state index >= 15 is 0 Å². The van der Waals surface area contributed by atoms with E-state index < -0.39 is 34.6 Å². The number of oxime groups is 1. The van der Waals surface area contributed by atoms with Gasteiger partial charge < -0.3 is 4.84 Å². The van der Waals surface area contributed by atoms with Crippen LogP contribution in [0.15, 0.2) is 53.7 Å². The number of amides is 2. The monoisotopic (exact) mass is 355 g/mol. The first-order valence-corrected chi connectivity index (χ1v) is 7.60. The predicted molar refractivity (Wildman–Crippen MR) is 86.9 cm³/mol. The van der Waals surface area contributed by atoms with Crippen molar-refractivity contribution in [3.63, 3.8) is 0 Å². The Hall–Kier alpha value is -3.62. The van der Waals surface area contributed by atoms with E-state index in [9.17, 15) is 24.1 Å². The molecule has 4 rings (SSSR count). The molecule has 0 radical (unpaired) electrons. The van der Waals surface area contributed by atoms with Gasteiger partial charge in [-0.2, -0.15) is 0 Å². The quantitative estimate of drug-likeness (QED) is 0.476. The zero-order chi connectivity index (χ0) is 18.4. The van der Waals surface area contributed by atoms with Gasteiger partial charge in [-0.1, -0.05) is 17.3 Å². The van der Waals surface area contributed by atoms with Crippen LogP contribution in [0, 0.1) is 21.8 Å². The van der Waals surface area contributed by atoms with Crippen molar-refractivity contribution < 1.29 is 23.7 Å². The SMILES string of the molecule is O=C1[C@H]2C(c3ccc([N+](=O)[O-])cc3)=NO[C@@H]2C(=O)N1c1ccccc1F. The van der Waals surface area contributed by atoms with Crippen LogP contribution in [0.3, 0.4) is 0 Å². The van der Waals surface area contributed by atoms with E-state index in [0.717, 1.165) is 11.0 Å². The number of nitrogens with zero attached hydrogens (tertiary/aromatic N) is 3. The molecule has 2 aliphatic heterocycles. The zero-order valence-electron chi connectivity index (χ0n) is 13.0. The normalized spacial score (nSPS) is 21.4. The average Bonchev–Trinajstić information content (AvgIpc) is 3.17. The molecule has 0 aromatic heterocycles. The molecule has 2 heterocycles. The van der Waals surface area contributed by atoms with E-state index in [-0.39, 0.29) is 17.1 Å². The van der Waals surface area contributed by atoms with Crippen LogP contribution in [0.4, 0.5) is 15.8 Å². The number of anilines is 1. The number of nitro groups is 1. The van der Waals surface area contributed by atoms with Crippen molar-refractivity contribution in [1.82, 2.24) is 0 Å². The molecule has 0 saturated carbocycles. The third-order valence-electron chi connectivity index (χ3n) is 4.28. The van der Waals surface area contributed by atoms with Gasteiger partial charge >= 0.3 is 0 Å². The summed E-state index contributed by atoms with van der Waals surface area (Å²) in [5.74, 6) is -3.09. The number of benzene rings is 2. The van der Waals surface area contributed by atoms with Gasteiger partial charge in [0, 0.05) is 17.7 Å². The zero-order valence-corrected chi connectivity index (χ0v) is 13.0. The minimum absolute atomic E-state index is 0.119. The molecule has 0 aliphatic carbocycles. The molecule has 1 fully saturated rings. The molecule has 2 aromatic carbocycles. The van der Waals surface area contributed by atoms with Crippen molar-refractivity contribution >= 4 is 28.9 Å². The van der Waals surface area contributed by atoms with E-state index in [4.69, 9.17) is 4.84 Å². The number of para-hydroxylation sites is 1. The van der Waals surface area contributed by atoms with Gasteiger partial charge in [-0.25, -0.2) is 9.29 Å². The molecule has 2 atom stereocenters. The highest BCUT2D eigenvalue weighted by Gasteiger charge is 2.56. The minimum atomic E-state index is -1.17. The van der Waals surface area contributed by atoms with Gasteiger partial charge in [-0.15, -0.1) is 0 Å². The second kappa shape index (κ2) is 5.73. The van der Waals surface area contributed by atoms with E-state index in [2.05, 4.69) is 5.16 Å². The Morgan fingerprint density at radius 1 is 1.08 bits per heavy atom. The van der Waals surface area contributed by atoms with Crippen LogP contribution in [0.1, 0.15) is 5.56 Å². The summed E-state index contributed by atoms with van der Waals surface area (Å²) in [7, 11) is 0. The van der Waals surface area contributed by atoms with Gasteiger partial charge in [-0.3, -0.25) is 19.7 Å². The summed E-state index contributed by atoms with van der Waals surface area (Å²) in [5.41, 5.74) is 0.330. The lowest BCUT2D eigenvalue weighted by Crippen LogP contribution is -2.33. The molecule has 8 nitrogen and oxygen atoms in total. The number of carbonyl (C=O) groups excluding carboxylic acids is 2. The number of imide groups is 1. The highest BCUT2D eigenvalue weighted by atomic mass is 19.1. The first-order valence-electron chi connectivity index (χ1n) is 7.60. The fourth-order valence-corrected chi connectivity index (χ4v) is 3.04. The Kier molecular flexibility index (Phi) is 3.50. The van der Waals surface area contributed by atoms with Gasteiger partial charge in [0.15, 0.2) is 0 Å². The van der Waals surface area contributed by atoms with E-state index in [1.54, 1.807) is 0 Å². The number of halogens is 1. The average molecular weight is 355 g/mol. The summed E-state index contributed by atoms with van der Waals surface area (Å²) in [4.78, 5) is 41.4. The Morgan fingerprint density at radius 2 is 1.77 bits per heavy atom. The molecule has 0 bridgehead atoms. The first kappa shape index (κ1) is 15.9. The maximum absolute atomic E-state index is 14.0. The van der Waals surface area contributed by atoms with Gasteiger partial charge in [0.25, 0.3) is 11.6 Å². The van der Waals surface area contributed by atoms with Crippen molar-refractivity contribution in [2.24, 2.45) is 11.1 Å². The van der Waals surface area contributed by atoms with Crippen LogP contribution in [0.25, 0.3) is 0 Å². The lowest BCUT2D eigenvalue weighted by atomic mass is 9.94. The summed E-state index contributed by atoms with van der Waals surface area (Å²) in [5, 5.41) is 14.6. The molecule has 130 valence electrons. The van der Waals surface area contributed by atoms with Gasteiger partial charge in [0.1, 0.15) is 17.4 Å². The standard InChI is InChI=1S/C17H10FN3O5/c18-11-3-1-2-4-12(11)20-16(22)13-14(19-26-15(13)17(20)23)9-5-7-10(8-6-9)21(24)25/h1-8,13,15H/t13-,15-/m0/s1. The van der Waals surface area contributed by atoms with Crippen molar-refractivity contribution in [2.75, 3.05) is 4.90 Å². The van der Waals surface area contributed by atoms with Crippen molar-refractivity contribution in [2.45, 2.75) is 6.10 Å². The van der Waals surface area contributed by atoms with Crippen molar-refractivity contribution in [3.8, 4) is 0 Å². The molecule has 2 aromatic rings. The third-order valence-corrected chi connectivity index (χ3v) is 4.28. The third kappa shape index (κ3) is 2.25. The number of non-ortho nitro benzene ring substituents is 1. The van der Waals surface area contributed by atoms with Crippen molar-refractivity contribution in [1.29, 1.82) is 0 Å². The molecular formula is C17H10FN3O5. The Bertz CT molecular complexity index is 973. The Balaban J connectivity index is 1.69. The summed E-state index contributed by atoms with van der Waals surface area (Å²) >= 11 is 0. The van der Waals surface area contributed by atoms with Crippen molar-refractivity contribution in [3.05, 3.63) is 70.0 Å². The maximum atomic E-state index is 14.0. The minimum Gasteiger partial charge on any atom is -0.381 e. The smallest absolute Gasteiger partial charge is 0.279 e. The molecule has 1 saturated heterocycles. The fraction of sp³-hybridized carbons (Fsp3) is 0.118. The van der Waals surface area contributed by atoms with Gasteiger partial charge in [0.05, 0.1) is 10.6 Å². The van der Waals surface area contributed by atoms with E-state index in [1.807, 2.05) is 0 Å². The predicted octanol–water partition coefficient (Wildman–Crippen LogP) is 2.03. The molecule has 9 heteroatoms. The summed E-state index contributed by atoms with van der Waals surface area (Å²) in [6, 6.07) is 10.8. The maximum Gasteiger partial charge on any atom is 0.279 e. The molecule has 0 unspecified atom stereocenters. The van der Waals surface area contributed by atoms with Gasteiger partial charge in [0.2, 0.25) is 12.0 Å². The van der Waals surface area contributed by atoms with Crippen LogP contribution in [0.5, 0.6) is 0 Å². The van der Waals surface area contributed by atoms with Crippen LogP contribution in [-0.4, -0.2) is 28.6 Å². The fourth-order valence-electron chi connectivity index (χ4n) is 3.04.